The molecule has 1 unspecified atom stereocenters. The van der Waals surface area contributed by atoms with E-state index in [4.69, 9.17) is 0 Å². The van der Waals surface area contributed by atoms with E-state index >= 15 is 0 Å². The lowest BCUT2D eigenvalue weighted by Crippen LogP contribution is -2.41. The molecule has 1 aromatic rings. The highest BCUT2D eigenvalue weighted by Crippen LogP contribution is 2.35. The first-order valence-electron chi connectivity index (χ1n) is 9.26. The van der Waals surface area contributed by atoms with Crippen LogP contribution in [0.25, 0.3) is 0 Å². The van der Waals surface area contributed by atoms with Crippen LogP contribution in [0.3, 0.4) is 0 Å². The monoisotopic (exact) mass is 337 g/mol. The predicted octanol–water partition coefficient (Wildman–Crippen LogP) is 2.98. The average Bonchev–Trinajstić information content (AvgIpc) is 3.20. The second-order valence-electron chi connectivity index (χ2n) is 7.41. The topological polar surface area (TPSA) is 48.4 Å². The van der Waals surface area contributed by atoms with Crippen LogP contribution in [0, 0.1) is 5.92 Å². The molecule has 1 atom stereocenters. The van der Waals surface area contributed by atoms with Gasteiger partial charge in [0.15, 0.2) is 0 Å². The van der Waals surface area contributed by atoms with E-state index in [1.165, 1.54) is 48.4 Å². The molecule has 1 aliphatic heterocycles. The van der Waals surface area contributed by atoms with Gasteiger partial charge < -0.3 is 15.3 Å². The fourth-order valence-electron chi connectivity index (χ4n) is 3.74. The van der Waals surface area contributed by atoms with E-state index < -0.39 is 0 Å². The van der Waals surface area contributed by atoms with Gasteiger partial charge in [-0.25, -0.2) is 4.98 Å². The van der Waals surface area contributed by atoms with Crippen molar-refractivity contribution in [2.24, 2.45) is 5.92 Å². The fraction of sp³-hybridized carbons (Fsp3) is 0.833. The van der Waals surface area contributed by atoms with E-state index in [1.807, 2.05) is 17.5 Å². The summed E-state index contributed by atoms with van der Waals surface area (Å²) < 4.78 is 0. The number of piperidine rings is 1. The summed E-state index contributed by atoms with van der Waals surface area (Å²) in [6.07, 6.45) is 9.63. The average molecular weight is 338 g/mol. The van der Waals surface area contributed by atoms with Crippen molar-refractivity contribution in [2.75, 3.05) is 26.2 Å². The van der Waals surface area contributed by atoms with Crippen molar-refractivity contribution in [1.82, 2.24) is 15.2 Å². The van der Waals surface area contributed by atoms with Gasteiger partial charge in [0.05, 0.1) is 11.1 Å². The van der Waals surface area contributed by atoms with Crippen LogP contribution >= 0.6 is 11.3 Å². The zero-order valence-corrected chi connectivity index (χ0v) is 15.2. The summed E-state index contributed by atoms with van der Waals surface area (Å²) in [7, 11) is 0. The molecule has 1 aromatic heterocycles. The van der Waals surface area contributed by atoms with E-state index in [1.54, 1.807) is 0 Å². The predicted molar refractivity (Wildman–Crippen MR) is 95.9 cm³/mol. The third-order valence-electron chi connectivity index (χ3n) is 5.30. The number of aliphatic hydroxyl groups is 1. The van der Waals surface area contributed by atoms with Crippen molar-refractivity contribution < 1.29 is 5.11 Å². The Bertz CT molecular complexity index is 465. The number of aromatic nitrogens is 1. The van der Waals surface area contributed by atoms with Crippen LogP contribution < -0.4 is 5.32 Å². The molecule has 3 rings (SSSR count). The molecule has 23 heavy (non-hydrogen) atoms. The summed E-state index contributed by atoms with van der Waals surface area (Å²) >= 11 is 1.85. The van der Waals surface area contributed by atoms with Crippen LogP contribution in [0.1, 0.15) is 61.3 Å². The minimum atomic E-state index is -0.273. The number of hydrogen-bond acceptors (Lipinski definition) is 5. The first-order valence-corrected chi connectivity index (χ1v) is 10.1. The molecule has 1 aliphatic carbocycles. The molecule has 0 radical (unpaired) electrons. The van der Waals surface area contributed by atoms with Crippen molar-refractivity contribution in [1.29, 1.82) is 0 Å². The molecule has 5 heteroatoms. The molecule has 4 nitrogen and oxygen atoms in total. The van der Waals surface area contributed by atoms with Gasteiger partial charge in [-0.3, -0.25) is 0 Å². The minimum Gasteiger partial charge on any atom is -0.390 e. The third-order valence-corrected chi connectivity index (χ3v) is 6.46. The molecule has 1 saturated heterocycles. The molecule has 1 saturated carbocycles. The molecule has 2 fully saturated rings. The van der Waals surface area contributed by atoms with Crippen molar-refractivity contribution >= 4 is 11.3 Å². The molecule has 2 N–H and O–H groups in total. The van der Waals surface area contributed by atoms with Gasteiger partial charge in [-0.05, 0) is 44.7 Å². The van der Waals surface area contributed by atoms with Crippen molar-refractivity contribution in [3.63, 3.8) is 0 Å². The fourth-order valence-corrected chi connectivity index (χ4v) is 4.79. The Morgan fingerprint density at radius 1 is 1.30 bits per heavy atom. The van der Waals surface area contributed by atoms with E-state index in [0.29, 0.717) is 12.5 Å². The summed E-state index contributed by atoms with van der Waals surface area (Å²) in [5, 5.41) is 14.9. The number of aliphatic hydroxyl groups excluding tert-OH is 1. The molecule has 0 aromatic carbocycles. The Morgan fingerprint density at radius 3 is 2.78 bits per heavy atom. The summed E-state index contributed by atoms with van der Waals surface area (Å²) in [6, 6.07) is 0. The molecule has 0 bridgehead atoms. The van der Waals surface area contributed by atoms with Crippen LogP contribution in [-0.2, 0) is 6.54 Å². The Balaban J connectivity index is 1.34. The van der Waals surface area contributed by atoms with Gasteiger partial charge in [0.1, 0.15) is 0 Å². The summed E-state index contributed by atoms with van der Waals surface area (Å²) in [5.74, 6) is 1.56. The smallest absolute Gasteiger partial charge is 0.0959 e. The standard InChI is InChI=1S/C18H31N3OS/c1-14-6-8-21(9-7-14)13-16(22)10-19-11-17-12-20-18(23-17)15-4-2-3-5-15/h12,14-16,19,22H,2-11,13H2,1H3. The zero-order chi connectivity index (χ0) is 16.1. The van der Waals surface area contributed by atoms with Gasteiger partial charge in [-0.15, -0.1) is 11.3 Å². The first kappa shape index (κ1) is 17.3. The van der Waals surface area contributed by atoms with Crippen LogP contribution in [0.15, 0.2) is 6.20 Å². The number of β-amino-alcohol motifs (C(OH)–C–C–N with tert-alkyl or cyclic N) is 1. The van der Waals surface area contributed by atoms with Crippen LogP contribution in [0.4, 0.5) is 0 Å². The molecule has 0 spiro atoms. The highest BCUT2D eigenvalue weighted by atomic mass is 32.1. The summed E-state index contributed by atoms with van der Waals surface area (Å²) in [6.45, 7) is 6.90. The van der Waals surface area contributed by atoms with Gasteiger partial charge in [-0.1, -0.05) is 19.8 Å². The summed E-state index contributed by atoms with van der Waals surface area (Å²) in [4.78, 5) is 8.30. The third kappa shape index (κ3) is 5.24. The Morgan fingerprint density at radius 2 is 2.04 bits per heavy atom. The number of hydrogen-bond donors (Lipinski definition) is 2. The Hall–Kier alpha value is -0.490. The van der Waals surface area contributed by atoms with E-state index in [2.05, 4.69) is 22.1 Å². The van der Waals surface area contributed by atoms with E-state index in [0.717, 1.165) is 32.1 Å². The maximum atomic E-state index is 10.2. The Kier molecular flexibility index (Phi) is 6.45. The maximum absolute atomic E-state index is 10.2. The SMILES string of the molecule is CC1CCN(CC(O)CNCc2cnc(C3CCCC3)s2)CC1. The molecule has 130 valence electrons. The van der Waals surface area contributed by atoms with Crippen LogP contribution in [0.2, 0.25) is 0 Å². The van der Waals surface area contributed by atoms with Gasteiger partial charge >= 0.3 is 0 Å². The quantitative estimate of drug-likeness (QED) is 0.803. The van der Waals surface area contributed by atoms with Crippen LogP contribution in [-0.4, -0.2) is 47.3 Å². The van der Waals surface area contributed by atoms with Gasteiger partial charge in [0.25, 0.3) is 0 Å². The second kappa shape index (κ2) is 8.56. The lowest BCUT2D eigenvalue weighted by Gasteiger charge is -2.31. The number of likely N-dealkylation sites (tertiary alicyclic amines) is 1. The van der Waals surface area contributed by atoms with Crippen LogP contribution in [0.5, 0.6) is 0 Å². The number of thiazole rings is 1. The number of nitrogens with one attached hydrogen (secondary N) is 1. The van der Waals surface area contributed by atoms with Crippen molar-refractivity contribution in [2.45, 2.75) is 64.0 Å². The molecule has 2 heterocycles. The van der Waals surface area contributed by atoms with E-state index in [-0.39, 0.29) is 6.10 Å². The Labute approximate surface area is 144 Å². The zero-order valence-electron chi connectivity index (χ0n) is 14.3. The lowest BCUT2D eigenvalue weighted by molar-refractivity contribution is 0.0907. The molecular weight excluding hydrogens is 306 g/mol. The highest BCUT2D eigenvalue weighted by molar-refractivity contribution is 7.11. The minimum absolute atomic E-state index is 0.273. The van der Waals surface area contributed by atoms with Crippen molar-refractivity contribution in [3.05, 3.63) is 16.1 Å². The van der Waals surface area contributed by atoms with Gasteiger partial charge in [0.2, 0.25) is 0 Å². The van der Waals surface area contributed by atoms with E-state index in [9.17, 15) is 5.11 Å². The van der Waals surface area contributed by atoms with Gasteiger partial charge in [0, 0.05) is 36.6 Å². The normalized spacial score (nSPS) is 22.7. The highest BCUT2D eigenvalue weighted by Gasteiger charge is 2.20. The number of rotatable bonds is 7. The second-order valence-corrected chi connectivity index (χ2v) is 8.56. The van der Waals surface area contributed by atoms with Gasteiger partial charge in [-0.2, -0.15) is 0 Å². The lowest BCUT2D eigenvalue weighted by atomic mass is 9.99. The molecule has 0 amide bonds. The number of nitrogens with zero attached hydrogens (tertiary/aromatic N) is 2. The largest absolute Gasteiger partial charge is 0.390 e. The summed E-state index contributed by atoms with van der Waals surface area (Å²) in [5.41, 5.74) is 0. The maximum Gasteiger partial charge on any atom is 0.0959 e. The molecular formula is C18H31N3OS. The van der Waals surface area contributed by atoms with Crippen molar-refractivity contribution in [3.8, 4) is 0 Å². The first-order chi connectivity index (χ1) is 11.2. The molecule has 2 aliphatic rings.